The van der Waals surface area contributed by atoms with Crippen molar-refractivity contribution < 1.29 is 64.1 Å². The Morgan fingerprint density at radius 2 is 0.980 bits per heavy atom. The van der Waals surface area contributed by atoms with E-state index >= 15 is 0 Å². The van der Waals surface area contributed by atoms with Gasteiger partial charge in [-0.2, -0.15) is 41.8 Å². The minimum atomic E-state index is -4.61. The molecule has 0 saturated carbocycles. The Kier molecular flexibility index (Phi) is 24.9. The zero-order valence-electron chi connectivity index (χ0n) is 55.4. The molecule has 0 atom stereocenters. The van der Waals surface area contributed by atoms with Crippen LogP contribution in [0.2, 0.25) is 0 Å². The van der Waals surface area contributed by atoms with Crippen molar-refractivity contribution in [2.75, 3.05) is 140 Å². The summed E-state index contributed by atoms with van der Waals surface area (Å²) in [7, 11) is -6.12. The predicted molar refractivity (Wildman–Crippen MR) is 382 cm³/mol. The smallest absolute Gasteiger partial charge is 0.294 e. The van der Waals surface area contributed by atoms with Crippen LogP contribution in [0.25, 0.3) is 12.2 Å². The average molecular weight is 1450 g/mol. The van der Waals surface area contributed by atoms with E-state index in [9.17, 15) is 45.1 Å². The van der Waals surface area contributed by atoms with Crippen molar-refractivity contribution in [2.45, 2.75) is 63.4 Å². The maximum absolute atomic E-state index is 13.8. The second-order valence-electron chi connectivity index (χ2n) is 21.5. The van der Waals surface area contributed by atoms with Gasteiger partial charge in [0.2, 0.25) is 22.2 Å². The summed E-state index contributed by atoms with van der Waals surface area (Å²) in [6.45, 7) is 18.1. The van der Waals surface area contributed by atoms with E-state index in [-0.39, 0.29) is 56.1 Å². The van der Waals surface area contributed by atoms with E-state index in [1.165, 1.54) is 62.0 Å². The summed E-state index contributed by atoms with van der Waals surface area (Å²) in [6, 6.07) is 17.0. The van der Waals surface area contributed by atoms with E-state index in [1.54, 1.807) is 26.4 Å². The molecule has 2 amide bonds. The van der Waals surface area contributed by atoms with Gasteiger partial charge in [0, 0.05) is 75.9 Å². The van der Waals surface area contributed by atoms with Crippen molar-refractivity contribution in [2.24, 2.45) is 20.5 Å². The molecule has 3 aromatic heterocycles. The zero-order valence-corrected chi connectivity index (χ0v) is 59.5. The molecule has 2 aliphatic heterocycles. The first-order chi connectivity index (χ1) is 47.4. The summed E-state index contributed by atoms with van der Waals surface area (Å²) in [6.07, 6.45) is 2.78. The van der Waals surface area contributed by atoms with Crippen molar-refractivity contribution in [1.82, 2.24) is 24.9 Å². The number of nitrogens with zero attached hydrogens (tertiary/aromatic N) is 13. The molecule has 31 nitrogen and oxygen atoms in total. The van der Waals surface area contributed by atoms with E-state index in [2.05, 4.69) is 41.3 Å². The lowest BCUT2D eigenvalue weighted by atomic mass is 10.1. The van der Waals surface area contributed by atoms with E-state index in [4.69, 9.17) is 54.1 Å². The maximum Gasteiger partial charge on any atom is 0.294 e. The van der Waals surface area contributed by atoms with Gasteiger partial charge in [-0.3, -0.25) is 28.3 Å². The van der Waals surface area contributed by atoms with Gasteiger partial charge in [0.05, 0.1) is 94.1 Å². The van der Waals surface area contributed by atoms with Crippen LogP contribution in [0.5, 0.6) is 11.5 Å². The Bertz CT molecular complexity index is 4230. The molecule has 0 aliphatic carbocycles. The molecule has 2 aliphatic rings. The summed E-state index contributed by atoms with van der Waals surface area (Å²) in [5, 5.41) is 31.3. The second kappa shape index (κ2) is 33.4. The van der Waals surface area contributed by atoms with Gasteiger partial charge in [-0.25, -0.2) is 0 Å². The number of rotatable bonds is 30. The minimum Gasteiger partial charge on any atom is -0.494 e. The maximum atomic E-state index is 13.8. The zero-order chi connectivity index (χ0) is 71.1. The fourth-order valence-electron chi connectivity index (χ4n) is 10.2. The highest BCUT2D eigenvalue weighted by Crippen LogP contribution is 2.45. The second-order valence-corrected chi connectivity index (χ2v) is 27.6. The highest BCUT2D eigenvalue weighted by molar-refractivity contribution is 7.99. The van der Waals surface area contributed by atoms with E-state index in [0.29, 0.717) is 145 Å². The van der Waals surface area contributed by atoms with Crippen LogP contribution in [-0.2, 0) is 48.9 Å². The molecule has 99 heavy (non-hydrogen) atoms. The number of Topliss-reactive ketones (excluding diaryl/α,β-unsaturated/α-hetero) is 2. The Morgan fingerprint density at radius 1 is 0.586 bits per heavy atom. The number of methoxy groups -OCH3 is 2. The molecule has 0 unspecified atom stereocenters. The van der Waals surface area contributed by atoms with Crippen molar-refractivity contribution in [1.29, 1.82) is 0 Å². The Hall–Kier alpha value is -9.40. The molecule has 0 spiro atoms. The largest absolute Gasteiger partial charge is 0.494 e. The number of amides is 2. The summed E-state index contributed by atoms with van der Waals surface area (Å²) in [5.74, 6) is -0.379. The van der Waals surface area contributed by atoms with E-state index < -0.39 is 53.4 Å². The number of morpholine rings is 2. The average Bonchev–Trinajstić information content (AvgIpc) is 1.73. The van der Waals surface area contributed by atoms with Crippen LogP contribution in [0.3, 0.4) is 0 Å². The highest BCUT2D eigenvalue weighted by Gasteiger charge is 2.27. The van der Waals surface area contributed by atoms with Gasteiger partial charge in [0.1, 0.15) is 34.5 Å². The molecule has 2 fully saturated rings. The molecule has 9 rings (SSSR count). The first kappa shape index (κ1) is 73.8. The lowest BCUT2D eigenvalue weighted by molar-refractivity contribution is -0.120. The van der Waals surface area contributed by atoms with Gasteiger partial charge in [-0.1, -0.05) is 53.5 Å². The number of aromatic nitrogens is 5. The minimum absolute atomic E-state index is 0.0181. The lowest BCUT2D eigenvalue weighted by Crippen LogP contribution is -2.36. The highest BCUT2D eigenvalue weighted by atomic mass is 32.2. The third kappa shape index (κ3) is 18.9. The van der Waals surface area contributed by atoms with Gasteiger partial charge in [0.25, 0.3) is 32.1 Å². The van der Waals surface area contributed by atoms with Crippen LogP contribution in [0.4, 0.5) is 79.3 Å². The number of thiazole rings is 2. The van der Waals surface area contributed by atoms with Crippen molar-refractivity contribution in [3.63, 3.8) is 0 Å². The number of benzene rings is 4. The number of carbonyl (C=O) groups is 4. The molecule has 6 N–H and O–H groups in total. The third-order valence-corrected chi connectivity index (χ3v) is 19.3. The Morgan fingerprint density at radius 3 is 1.32 bits per heavy atom. The number of hydrogen-bond acceptors (Lipinski definition) is 30. The fraction of sp³-hybridized carbons (Fsp3) is 0.349. The molecule has 2 saturated heterocycles. The van der Waals surface area contributed by atoms with Crippen molar-refractivity contribution >= 4 is 169 Å². The van der Waals surface area contributed by atoms with E-state index in [0.717, 1.165) is 46.9 Å². The van der Waals surface area contributed by atoms with Gasteiger partial charge in [0.15, 0.2) is 16.7 Å². The third-order valence-electron chi connectivity index (χ3n) is 15.1. The summed E-state index contributed by atoms with van der Waals surface area (Å²) >= 11 is 3.47. The van der Waals surface area contributed by atoms with Crippen LogP contribution in [0.15, 0.2) is 119 Å². The normalized spacial score (nSPS) is 14.0. The number of anilines is 10. The lowest BCUT2D eigenvalue weighted by Gasteiger charge is -2.27. The standard InChI is InChI=1S/C63H73N17O14S5/c1-10-77(11-2)49-33-45(47(35-51(49)91-8)73-75-62-68-55(79-21-25-93-26-22-79)53(96-62)31-43(37(6)81)57(83)64-39-17-15-19-41(29-39)98(85,86)87)66-59-70-60(72-61(71-59)95-14-5)67-46-34-50(78(12-3)13-4)52(92-9)36-48(46)74-76-63-69-56(80-23-27-94-28-24-80)54(97-63)32-44(38(7)82)58(84)65-40-18-16-20-42(30-40)99(88,89)90/h15-20,29-36H,10-14,21-28H2,1-9H3,(H,64,83)(H,65,84)(H,85,86,87)(H,88,89,90)(H2,66,67,70,71,72)/b43-31-,44-32+,75-73+,76-74+. The molecule has 0 bridgehead atoms. The SMILES string of the molecule is CCSc1nc(Nc2cc(N(CC)CC)c(OC)cc2/N=N/c2nc(N3CCOCC3)c(/C=C(/C(C)=O)C(=O)Nc3cccc(S(=O)(=O)O)c3)s2)nc(Nc2cc(N(CC)CC)c(OC)cc2/N=N/c2nc(N3CCOCC3)c(/C=C(\C(C)=O)C(=O)Nc3cccc(S(=O)(=O)O)c3)s2)n1. The predicted octanol–water partition coefficient (Wildman–Crippen LogP) is 11.3. The summed E-state index contributed by atoms with van der Waals surface area (Å²) < 4.78 is 90.1. The van der Waals surface area contributed by atoms with Gasteiger partial charge >= 0.3 is 0 Å². The summed E-state index contributed by atoms with van der Waals surface area (Å²) in [4.78, 5) is 86.3. The molecule has 524 valence electrons. The first-order valence-corrected chi connectivity index (χ1v) is 36.5. The van der Waals surface area contributed by atoms with Gasteiger partial charge < -0.3 is 59.8 Å². The molecule has 5 heterocycles. The van der Waals surface area contributed by atoms with Crippen molar-refractivity contribution in [3.05, 3.63) is 93.7 Å². The number of carbonyl (C=O) groups excluding carboxylic acids is 4. The van der Waals surface area contributed by atoms with Gasteiger partial charge in [-0.05, 0) is 108 Å². The van der Waals surface area contributed by atoms with Crippen LogP contribution >= 0.6 is 34.4 Å². The number of azo groups is 2. The van der Waals surface area contributed by atoms with Crippen LogP contribution < -0.4 is 50.3 Å². The molecular formula is C63H73N17O14S5. The number of thioether (sulfide) groups is 1. The van der Waals surface area contributed by atoms with Gasteiger partial charge in [-0.15, -0.1) is 20.5 Å². The van der Waals surface area contributed by atoms with Crippen molar-refractivity contribution in [3.8, 4) is 11.5 Å². The molecular weight excluding hydrogens is 1380 g/mol. The van der Waals surface area contributed by atoms with Crippen LogP contribution in [-0.4, -0.2) is 173 Å². The summed E-state index contributed by atoms with van der Waals surface area (Å²) in [5.41, 5.74) is 2.21. The first-order valence-electron chi connectivity index (χ1n) is 31.0. The number of hydrogen-bond donors (Lipinski definition) is 6. The molecule has 4 aromatic carbocycles. The molecule has 0 radical (unpaired) electrons. The number of ether oxygens (including phenoxy) is 4. The fourth-order valence-corrected chi connectivity index (χ4v) is 13.5. The Balaban J connectivity index is 1.10. The Labute approximate surface area is 583 Å². The van der Waals surface area contributed by atoms with Crippen LogP contribution in [0, 0.1) is 0 Å². The van der Waals surface area contributed by atoms with E-state index in [1.807, 2.05) is 56.6 Å². The quantitative estimate of drug-likeness (QED) is 0.00608. The number of ketones is 2. The molecule has 36 heteroatoms. The monoisotopic (exact) mass is 1450 g/mol. The number of nitrogens with one attached hydrogen (secondary N) is 4. The molecule has 7 aromatic rings. The topological polar surface area (TPSA) is 389 Å². The van der Waals surface area contributed by atoms with Crippen LogP contribution in [0.1, 0.15) is 58.2 Å².